The number of carbonyl (C=O) groups is 1. The number of carbonyl (C=O) groups excluding carboxylic acids is 1. The third kappa shape index (κ3) is 5.46. The molecular formula is C28H29N5O4. The third-order valence-corrected chi connectivity index (χ3v) is 6.61. The minimum atomic E-state index is -0.556. The van der Waals surface area contributed by atoms with Crippen molar-refractivity contribution in [1.82, 2.24) is 14.5 Å². The number of piperidine rings is 1. The van der Waals surface area contributed by atoms with E-state index in [0.717, 1.165) is 36.7 Å². The van der Waals surface area contributed by atoms with Gasteiger partial charge in [0.1, 0.15) is 11.5 Å². The molecule has 0 spiro atoms. The van der Waals surface area contributed by atoms with Gasteiger partial charge in [-0.1, -0.05) is 30.7 Å². The molecule has 9 nitrogen and oxygen atoms in total. The Labute approximate surface area is 215 Å². The van der Waals surface area contributed by atoms with Gasteiger partial charge in [-0.05, 0) is 54.8 Å². The molecule has 37 heavy (non-hydrogen) atoms. The molecule has 1 amide bonds. The van der Waals surface area contributed by atoms with E-state index in [1.165, 1.54) is 5.56 Å². The zero-order valence-electron chi connectivity index (χ0n) is 20.7. The second-order valence-corrected chi connectivity index (χ2v) is 8.93. The number of methoxy groups -OCH3 is 1. The molecule has 3 heterocycles. The number of aromatic hydroxyl groups is 1. The van der Waals surface area contributed by atoms with E-state index in [1.807, 2.05) is 41.1 Å². The molecule has 1 aliphatic heterocycles. The van der Waals surface area contributed by atoms with Gasteiger partial charge in [-0.15, -0.1) is 10.2 Å². The summed E-state index contributed by atoms with van der Waals surface area (Å²) in [4.78, 5) is 19.0. The molecule has 1 N–H and O–H groups in total. The van der Waals surface area contributed by atoms with Crippen LogP contribution < -0.4 is 9.47 Å². The second-order valence-electron chi connectivity index (χ2n) is 8.93. The van der Waals surface area contributed by atoms with Gasteiger partial charge in [0, 0.05) is 30.4 Å². The lowest BCUT2D eigenvalue weighted by atomic mass is 9.97. The van der Waals surface area contributed by atoms with Crippen LogP contribution in [0.2, 0.25) is 0 Å². The molecule has 9 heteroatoms. The van der Waals surface area contributed by atoms with E-state index < -0.39 is 5.91 Å². The van der Waals surface area contributed by atoms with Crippen molar-refractivity contribution in [3.05, 3.63) is 78.6 Å². The van der Waals surface area contributed by atoms with Gasteiger partial charge in [0.15, 0.2) is 12.3 Å². The van der Waals surface area contributed by atoms with Crippen LogP contribution in [0.3, 0.4) is 0 Å². The minimum Gasteiger partial charge on any atom is -0.497 e. The highest BCUT2D eigenvalue weighted by Crippen LogP contribution is 2.40. The monoisotopic (exact) mass is 499 g/mol. The van der Waals surface area contributed by atoms with Crippen molar-refractivity contribution < 1.29 is 19.4 Å². The summed E-state index contributed by atoms with van der Waals surface area (Å²) in [6.07, 6.45) is 6.96. The number of hydrogen-bond donors (Lipinski definition) is 1. The number of para-hydroxylation sites is 1. The molecule has 2 aromatic heterocycles. The number of ether oxygens (including phenoxy) is 2. The van der Waals surface area contributed by atoms with Gasteiger partial charge < -0.3 is 14.6 Å². The van der Waals surface area contributed by atoms with Crippen molar-refractivity contribution in [2.75, 3.05) is 20.3 Å². The maximum atomic E-state index is 12.4. The van der Waals surface area contributed by atoms with Crippen molar-refractivity contribution in [2.45, 2.75) is 32.0 Å². The molecule has 1 aliphatic rings. The number of pyridine rings is 1. The van der Waals surface area contributed by atoms with Gasteiger partial charge in [0.25, 0.3) is 0 Å². The maximum absolute atomic E-state index is 12.4. The smallest absolute Gasteiger partial charge is 0.302 e. The first-order valence-corrected chi connectivity index (χ1v) is 12.3. The molecule has 1 fully saturated rings. The number of azo groups is 1. The fraction of sp³-hybridized carbons (Fsp3) is 0.286. The first kappa shape index (κ1) is 24.5. The van der Waals surface area contributed by atoms with Crippen molar-refractivity contribution >= 4 is 22.5 Å². The standard InChI is InChI=1S/C28H29N5O4/c1-36-21-11-13-22(14-12-21)37-18-26(34)30-31-27-23-8-2-3-10-25(23)33(28(27)35)19-32-16-5-4-9-24(32)20-7-6-15-29-17-20/h2-3,6-8,10-15,17,24,35H,4-5,9,16,18-19H2,1H3. The van der Waals surface area contributed by atoms with Crippen molar-refractivity contribution in [3.8, 4) is 17.4 Å². The van der Waals surface area contributed by atoms with Crippen LogP contribution in [-0.2, 0) is 11.5 Å². The van der Waals surface area contributed by atoms with E-state index in [4.69, 9.17) is 9.47 Å². The van der Waals surface area contributed by atoms with Gasteiger partial charge in [-0.25, -0.2) is 0 Å². The molecule has 0 radical (unpaired) electrons. The fourth-order valence-electron chi connectivity index (χ4n) is 4.76. The molecule has 0 aliphatic carbocycles. The highest BCUT2D eigenvalue weighted by molar-refractivity contribution is 5.95. The van der Waals surface area contributed by atoms with Crippen LogP contribution in [0.5, 0.6) is 17.4 Å². The lowest BCUT2D eigenvalue weighted by molar-refractivity contribution is -0.120. The van der Waals surface area contributed by atoms with Gasteiger partial charge in [0.2, 0.25) is 5.88 Å². The van der Waals surface area contributed by atoms with E-state index in [2.05, 4.69) is 26.2 Å². The summed E-state index contributed by atoms with van der Waals surface area (Å²) < 4.78 is 12.4. The average molecular weight is 500 g/mol. The second kappa shape index (κ2) is 11.2. The molecule has 0 bridgehead atoms. The Balaban J connectivity index is 1.35. The molecule has 1 atom stereocenters. The molecule has 4 aromatic rings. The van der Waals surface area contributed by atoms with E-state index in [0.29, 0.717) is 18.2 Å². The van der Waals surface area contributed by atoms with Crippen LogP contribution in [0.4, 0.5) is 5.69 Å². The van der Waals surface area contributed by atoms with Crippen LogP contribution in [0.25, 0.3) is 10.9 Å². The minimum absolute atomic E-state index is 0.0238. The molecule has 1 saturated heterocycles. The number of fused-ring (bicyclic) bond motifs is 1. The molecule has 1 unspecified atom stereocenters. The van der Waals surface area contributed by atoms with E-state index >= 15 is 0 Å². The Morgan fingerprint density at radius 2 is 1.89 bits per heavy atom. The summed E-state index contributed by atoms with van der Waals surface area (Å²) in [5.41, 5.74) is 2.26. The van der Waals surface area contributed by atoms with Crippen molar-refractivity contribution in [3.63, 3.8) is 0 Å². The Kier molecular flexibility index (Phi) is 7.41. The Morgan fingerprint density at radius 3 is 2.68 bits per heavy atom. The Morgan fingerprint density at radius 1 is 1.08 bits per heavy atom. The normalized spacial score (nSPS) is 16.3. The highest BCUT2D eigenvalue weighted by atomic mass is 16.5. The van der Waals surface area contributed by atoms with Gasteiger partial charge in [-0.2, -0.15) is 0 Å². The van der Waals surface area contributed by atoms with E-state index in [9.17, 15) is 9.90 Å². The summed E-state index contributed by atoms with van der Waals surface area (Å²) in [7, 11) is 1.58. The van der Waals surface area contributed by atoms with E-state index in [1.54, 1.807) is 37.6 Å². The van der Waals surface area contributed by atoms with Gasteiger partial charge in [0.05, 0.1) is 19.3 Å². The van der Waals surface area contributed by atoms with Crippen molar-refractivity contribution in [1.29, 1.82) is 0 Å². The van der Waals surface area contributed by atoms with Crippen LogP contribution in [-0.4, -0.2) is 45.7 Å². The highest BCUT2D eigenvalue weighted by Gasteiger charge is 2.26. The summed E-state index contributed by atoms with van der Waals surface area (Å²) >= 11 is 0. The van der Waals surface area contributed by atoms with Crippen molar-refractivity contribution in [2.24, 2.45) is 10.2 Å². The van der Waals surface area contributed by atoms with Crippen LogP contribution in [0.15, 0.2) is 83.3 Å². The molecular weight excluding hydrogens is 470 g/mol. The number of rotatable bonds is 8. The zero-order chi connectivity index (χ0) is 25.6. The van der Waals surface area contributed by atoms with E-state index in [-0.39, 0.29) is 24.2 Å². The molecule has 2 aromatic carbocycles. The zero-order valence-corrected chi connectivity index (χ0v) is 20.7. The SMILES string of the molecule is COc1ccc(OCC(=O)N=Nc2c(O)n(CN3CCCCC3c3cccnc3)c3ccccc23)cc1. The first-order valence-electron chi connectivity index (χ1n) is 12.3. The van der Waals surface area contributed by atoms with Crippen LogP contribution >= 0.6 is 0 Å². The average Bonchev–Trinajstić information content (AvgIpc) is 3.22. The molecule has 5 rings (SSSR count). The number of hydrogen-bond acceptors (Lipinski definition) is 7. The Hall–Kier alpha value is -4.24. The third-order valence-electron chi connectivity index (χ3n) is 6.61. The predicted molar refractivity (Wildman–Crippen MR) is 139 cm³/mol. The summed E-state index contributed by atoms with van der Waals surface area (Å²) in [6, 6.07) is 18.8. The molecule has 0 saturated carbocycles. The number of benzene rings is 2. The number of likely N-dealkylation sites (tertiary alicyclic amines) is 1. The van der Waals surface area contributed by atoms with Crippen LogP contribution in [0, 0.1) is 0 Å². The maximum Gasteiger partial charge on any atom is 0.302 e. The fourth-order valence-corrected chi connectivity index (χ4v) is 4.76. The topological polar surface area (TPSA) is 102 Å². The Bertz CT molecular complexity index is 1390. The number of aromatic nitrogens is 2. The summed E-state index contributed by atoms with van der Waals surface area (Å²) in [5, 5.41) is 19.9. The summed E-state index contributed by atoms with van der Waals surface area (Å²) in [6.45, 7) is 1.12. The lowest BCUT2D eigenvalue weighted by Gasteiger charge is -2.36. The quantitative estimate of drug-likeness (QED) is 0.316. The summed E-state index contributed by atoms with van der Waals surface area (Å²) in [5.74, 6) is 0.638. The van der Waals surface area contributed by atoms with Crippen LogP contribution in [0.1, 0.15) is 30.9 Å². The largest absolute Gasteiger partial charge is 0.497 e. The predicted octanol–water partition coefficient (Wildman–Crippen LogP) is 5.62. The van der Waals surface area contributed by atoms with Gasteiger partial charge >= 0.3 is 5.91 Å². The number of nitrogens with zero attached hydrogens (tertiary/aromatic N) is 5. The van der Waals surface area contributed by atoms with Gasteiger partial charge in [-0.3, -0.25) is 19.2 Å². The molecule has 190 valence electrons. The first-order chi connectivity index (χ1) is 18.1. The lowest BCUT2D eigenvalue weighted by Crippen LogP contribution is -2.34. The number of amides is 1.